The third kappa shape index (κ3) is 5.47. The number of nitrogen functional groups attached to an aromatic ring is 1. The van der Waals surface area contributed by atoms with Gasteiger partial charge in [0.25, 0.3) is 0 Å². The number of aromatic hydroxyl groups is 1. The molecule has 3 N–H and O–H groups in total. The molecule has 3 aromatic heterocycles. The number of hydrogen-bond acceptors (Lipinski definition) is 10. The fourth-order valence-electron chi connectivity index (χ4n) is 7.69. The molecule has 1 aromatic carbocycles. The number of aromatic nitrogens is 4. The topological polar surface area (TPSA) is 123 Å². The summed E-state index contributed by atoms with van der Waals surface area (Å²) >= 11 is 6.67. The molecule has 0 amide bonds. The van der Waals surface area contributed by atoms with E-state index in [1.807, 2.05) is 44.7 Å². The normalized spacial score (nSPS) is 20.1. The van der Waals surface area contributed by atoms with Crippen molar-refractivity contribution >= 4 is 34.1 Å². The lowest BCUT2D eigenvalue weighted by molar-refractivity contribution is 0.108. The SMILES string of the molecule is CCC(C)c1c(Cl)cc(O)cc1-c1nc2c3c(nc(OCC45CCCN4CCC5)nc3c1F)N(C(C)c1cccnc1N)CC(C)O2. The van der Waals surface area contributed by atoms with Crippen molar-refractivity contribution < 1.29 is 19.0 Å². The Hall–Kier alpha value is -3.96. The maximum atomic E-state index is 17.1. The molecule has 7 rings (SSSR count). The van der Waals surface area contributed by atoms with E-state index >= 15 is 4.39 Å². The summed E-state index contributed by atoms with van der Waals surface area (Å²) in [5.41, 5.74) is 8.20. The molecule has 47 heavy (non-hydrogen) atoms. The van der Waals surface area contributed by atoms with Gasteiger partial charge >= 0.3 is 6.01 Å². The van der Waals surface area contributed by atoms with Gasteiger partial charge in [0, 0.05) is 22.3 Å². The standard InChI is InChI=1S/C35H41ClFN7O3/c1-5-19(2)26-24(15-22(45)16-25(26)36)29-28(37)30-27-32(42-34(41-30)46-18-35-10-7-13-43(35)14-8-11-35)44(17-20(3)47-33(27)40-29)21(4)23-9-6-12-39-31(23)38/h6,9,12,15-16,19-21,45H,5,7-8,10-11,13-14,17-18H2,1-4H3,(H2,38,39). The highest BCUT2D eigenvalue weighted by Crippen LogP contribution is 2.46. The van der Waals surface area contributed by atoms with Gasteiger partial charge in [-0.15, -0.1) is 0 Å². The maximum Gasteiger partial charge on any atom is 0.319 e. The summed E-state index contributed by atoms with van der Waals surface area (Å²) in [6.45, 7) is 10.9. The number of nitrogens with two attached hydrogens (primary N) is 1. The highest BCUT2D eigenvalue weighted by molar-refractivity contribution is 6.32. The summed E-state index contributed by atoms with van der Waals surface area (Å²) in [4.78, 5) is 23.3. The van der Waals surface area contributed by atoms with Crippen molar-refractivity contribution in [1.82, 2.24) is 24.8 Å². The number of anilines is 2. The van der Waals surface area contributed by atoms with Crippen LogP contribution in [0, 0.1) is 5.82 Å². The zero-order valence-electron chi connectivity index (χ0n) is 27.3. The second-order valence-corrected chi connectivity index (χ2v) is 13.7. The van der Waals surface area contributed by atoms with Gasteiger partial charge in [-0.05, 0) is 88.7 Å². The molecule has 3 unspecified atom stereocenters. The highest BCUT2D eigenvalue weighted by Gasteiger charge is 2.45. The number of nitrogens with zero attached hydrogens (tertiary/aromatic N) is 6. The Morgan fingerprint density at radius 3 is 2.68 bits per heavy atom. The predicted octanol–water partition coefficient (Wildman–Crippen LogP) is 7.04. The first-order valence-corrected chi connectivity index (χ1v) is 16.9. The van der Waals surface area contributed by atoms with Crippen LogP contribution in [0.15, 0.2) is 30.5 Å². The lowest BCUT2D eigenvalue weighted by atomic mass is 9.91. The Kier molecular flexibility index (Phi) is 8.24. The van der Waals surface area contributed by atoms with E-state index in [1.54, 1.807) is 6.20 Å². The van der Waals surface area contributed by atoms with E-state index < -0.39 is 5.82 Å². The second-order valence-electron chi connectivity index (χ2n) is 13.3. The zero-order valence-corrected chi connectivity index (χ0v) is 28.0. The average Bonchev–Trinajstić information content (AvgIpc) is 3.59. The van der Waals surface area contributed by atoms with E-state index in [1.165, 1.54) is 12.1 Å². The number of rotatable bonds is 8. The Morgan fingerprint density at radius 1 is 1.19 bits per heavy atom. The molecular weight excluding hydrogens is 621 g/mol. The van der Waals surface area contributed by atoms with Crippen LogP contribution in [0.3, 0.4) is 0 Å². The fraction of sp³-hybridized carbons (Fsp3) is 0.486. The largest absolute Gasteiger partial charge is 0.508 e. The lowest BCUT2D eigenvalue weighted by Crippen LogP contribution is -2.43. The first-order valence-electron chi connectivity index (χ1n) is 16.6. The van der Waals surface area contributed by atoms with Crippen LogP contribution >= 0.6 is 11.6 Å². The molecule has 2 saturated heterocycles. The first kappa shape index (κ1) is 31.6. The summed E-state index contributed by atoms with van der Waals surface area (Å²) < 4.78 is 30.0. The molecule has 6 heterocycles. The Morgan fingerprint density at radius 2 is 1.96 bits per heavy atom. The molecule has 0 saturated carbocycles. The van der Waals surface area contributed by atoms with E-state index in [0.717, 1.165) is 50.8 Å². The molecule has 10 nitrogen and oxygen atoms in total. The van der Waals surface area contributed by atoms with Crippen LogP contribution in [0.25, 0.3) is 22.2 Å². The average molecular weight is 662 g/mol. The number of phenols is 1. The molecule has 12 heteroatoms. The fourth-order valence-corrected chi connectivity index (χ4v) is 8.09. The molecule has 3 aliphatic heterocycles. The Balaban J connectivity index is 1.44. The first-order chi connectivity index (χ1) is 22.6. The number of ether oxygens (including phenoxy) is 2. The Bertz CT molecular complexity index is 1830. The molecule has 248 valence electrons. The molecule has 3 aliphatic rings. The van der Waals surface area contributed by atoms with Gasteiger partial charge < -0.3 is 25.2 Å². The van der Waals surface area contributed by atoms with E-state index in [9.17, 15) is 5.11 Å². The van der Waals surface area contributed by atoms with Gasteiger partial charge in [0.15, 0.2) is 5.82 Å². The van der Waals surface area contributed by atoms with Crippen LogP contribution < -0.4 is 20.1 Å². The van der Waals surface area contributed by atoms with E-state index in [2.05, 4.69) is 9.88 Å². The van der Waals surface area contributed by atoms with Crippen LogP contribution in [-0.2, 0) is 0 Å². The van der Waals surface area contributed by atoms with Crippen molar-refractivity contribution in [1.29, 1.82) is 0 Å². The van der Waals surface area contributed by atoms with Gasteiger partial charge in [0.05, 0.1) is 18.1 Å². The summed E-state index contributed by atoms with van der Waals surface area (Å²) in [6, 6.07) is 6.54. The molecule has 0 bridgehead atoms. The zero-order chi connectivity index (χ0) is 33.0. The molecule has 2 fully saturated rings. The third-order valence-electron chi connectivity index (χ3n) is 10.3. The van der Waals surface area contributed by atoms with E-state index in [-0.39, 0.29) is 52.5 Å². The van der Waals surface area contributed by atoms with E-state index in [0.29, 0.717) is 46.3 Å². The van der Waals surface area contributed by atoms with Crippen molar-refractivity contribution in [3.8, 4) is 28.9 Å². The van der Waals surface area contributed by atoms with Crippen molar-refractivity contribution in [2.24, 2.45) is 0 Å². The van der Waals surface area contributed by atoms with Crippen LogP contribution in [0.1, 0.15) is 82.9 Å². The molecule has 0 aliphatic carbocycles. The number of hydrogen-bond donors (Lipinski definition) is 2. The summed E-state index contributed by atoms with van der Waals surface area (Å²) in [5, 5.41) is 11.3. The lowest BCUT2D eigenvalue weighted by Gasteiger charge is -2.32. The Labute approximate surface area is 279 Å². The van der Waals surface area contributed by atoms with Crippen LogP contribution in [-0.4, -0.2) is 67.8 Å². The molecule has 0 radical (unpaired) electrons. The number of fused-ring (bicyclic) bond motifs is 1. The molecule has 3 atom stereocenters. The van der Waals surface area contributed by atoms with Crippen molar-refractivity contribution in [3.05, 3.63) is 52.4 Å². The van der Waals surface area contributed by atoms with Crippen LogP contribution in [0.5, 0.6) is 17.6 Å². The van der Waals surface area contributed by atoms with Gasteiger partial charge in [-0.25, -0.2) is 14.4 Å². The van der Waals surface area contributed by atoms with Gasteiger partial charge in [-0.2, -0.15) is 9.97 Å². The van der Waals surface area contributed by atoms with Gasteiger partial charge in [-0.3, -0.25) is 4.90 Å². The molecule has 0 spiro atoms. The van der Waals surface area contributed by atoms with Crippen LogP contribution in [0.2, 0.25) is 5.02 Å². The monoisotopic (exact) mass is 661 g/mol. The molecule has 4 aromatic rings. The summed E-state index contributed by atoms with van der Waals surface area (Å²) in [6.07, 6.45) is 6.38. The minimum atomic E-state index is -0.670. The van der Waals surface area contributed by atoms with Gasteiger partial charge in [0.2, 0.25) is 5.88 Å². The van der Waals surface area contributed by atoms with E-state index in [4.69, 9.17) is 41.8 Å². The van der Waals surface area contributed by atoms with Crippen molar-refractivity contribution in [3.63, 3.8) is 0 Å². The number of benzene rings is 1. The minimum absolute atomic E-state index is 0.00208. The van der Waals surface area contributed by atoms with Crippen molar-refractivity contribution in [2.75, 3.05) is 36.9 Å². The minimum Gasteiger partial charge on any atom is -0.508 e. The smallest absolute Gasteiger partial charge is 0.319 e. The number of phenolic OH excluding ortho intramolecular Hbond substituents is 1. The highest BCUT2D eigenvalue weighted by atomic mass is 35.5. The third-order valence-corrected chi connectivity index (χ3v) is 10.6. The second kappa shape index (κ2) is 12.2. The predicted molar refractivity (Wildman–Crippen MR) is 181 cm³/mol. The van der Waals surface area contributed by atoms with Crippen LogP contribution in [0.4, 0.5) is 16.0 Å². The van der Waals surface area contributed by atoms with Crippen molar-refractivity contribution in [2.45, 2.75) is 83.4 Å². The number of halogens is 2. The molecular formula is C35H41ClFN7O3. The number of pyridine rings is 2. The summed E-state index contributed by atoms with van der Waals surface area (Å²) in [7, 11) is 0. The van der Waals surface area contributed by atoms with Gasteiger partial charge in [0.1, 0.15) is 46.7 Å². The summed E-state index contributed by atoms with van der Waals surface area (Å²) in [5.74, 6) is 0.259. The maximum absolute atomic E-state index is 17.1. The van der Waals surface area contributed by atoms with Gasteiger partial charge in [-0.1, -0.05) is 31.5 Å². The quantitative estimate of drug-likeness (QED) is 0.203.